The van der Waals surface area contributed by atoms with Crippen molar-refractivity contribution >= 4 is 5.91 Å². The quantitative estimate of drug-likeness (QED) is 0.853. The Hall–Kier alpha value is -1.39. The van der Waals surface area contributed by atoms with Crippen LogP contribution in [0, 0.1) is 11.3 Å². The first-order valence-electron chi connectivity index (χ1n) is 10.4. The van der Waals surface area contributed by atoms with Crippen LogP contribution < -0.4 is 11.1 Å². The van der Waals surface area contributed by atoms with Crippen LogP contribution in [0.2, 0.25) is 0 Å². The predicted octanol–water partition coefficient (Wildman–Crippen LogP) is 3.07. The smallest absolute Gasteiger partial charge is 0.240 e. The monoisotopic (exact) mass is 355 g/mol. The van der Waals surface area contributed by atoms with Crippen molar-refractivity contribution < 1.29 is 4.79 Å². The Balaban J connectivity index is 1.35. The van der Waals surface area contributed by atoms with E-state index in [1.807, 2.05) is 0 Å². The van der Waals surface area contributed by atoms with Gasteiger partial charge in [0.05, 0.1) is 5.54 Å². The second-order valence-electron chi connectivity index (χ2n) is 8.99. The summed E-state index contributed by atoms with van der Waals surface area (Å²) in [4.78, 5) is 15.3. The first kappa shape index (κ1) is 18.0. The lowest BCUT2D eigenvalue weighted by molar-refractivity contribution is -0.127. The number of hydrogen-bond donors (Lipinski definition) is 2. The summed E-state index contributed by atoms with van der Waals surface area (Å²) in [6, 6.07) is 10.7. The van der Waals surface area contributed by atoms with Crippen molar-refractivity contribution in [2.24, 2.45) is 17.1 Å². The Labute approximate surface area is 157 Å². The van der Waals surface area contributed by atoms with E-state index in [4.69, 9.17) is 5.73 Å². The largest absolute Gasteiger partial charge is 0.354 e. The van der Waals surface area contributed by atoms with E-state index in [1.54, 1.807) is 0 Å². The summed E-state index contributed by atoms with van der Waals surface area (Å²) in [7, 11) is 0. The summed E-state index contributed by atoms with van der Waals surface area (Å²) in [6.45, 7) is 4.08. The van der Waals surface area contributed by atoms with Gasteiger partial charge in [-0.15, -0.1) is 0 Å². The normalized spacial score (nSPS) is 27.2. The van der Waals surface area contributed by atoms with Gasteiger partial charge in [-0.1, -0.05) is 56.0 Å². The molecule has 4 heteroatoms. The van der Waals surface area contributed by atoms with Crippen molar-refractivity contribution in [3.8, 4) is 0 Å². The number of hydrogen-bond acceptors (Lipinski definition) is 3. The molecule has 0 bridgehead atoms. The van der Waals surface area contributed by atoms with Crippen molar-refractivity contribution in [2.45, 2.75) is 63.5 Å². The number of benzene rings is 1. The third kappa shape index (κ3) is 3.54. The van der Waals surface area contributed by atoms with Gasteiger partial charge in [-0.25, -0.2) is 0 Å². The summed E-state index contributed by atoms with van der Waals surface area (Å²) in [5.74, 6) is 0.657. The average molecular weight is 356 g/mol. The molecule has 1 aromatic carbocycles. The van der Waals surface area contributed by atoms with Crippen LogP contribution in [0.5, 0.6) is 0 Å². The zero-order chi connectivity index (χ0) is 18.0. The van der Waals surface area contributed by atoms with Crippen LogP contribution in [0.3, 0.4) is 0 Å². The SMILES string of the molecule is NC1(C(=O)NCC2CN(Cc3ccccc3)CC23CCC3)CCCCC1. The van der Waals surface area contributed by atoms with Crippen LogP contribution in [0.4, 0.5) is 0 Å². The lowest BCUT2D eigenvalue weighted by atomic mass is 9.63. The highest BCUT2D eigenvalue weighted by Gasteiger charge is 2.50. The molecule has 3 N–H and O–H groups in total. The number of nitrogens with zero attached hydrogens (tertiary/aromatic N) is 1. The molecule has 1 heterocycles. The molecule has 1 spiro atoms. The van der Waals surface area contributed by atoms with Crippen molar-refractivity contribution in [2.75, 3.05) is 19.6 Å². The van der Waals surface area contributed by atoms with Gasteiger partial charge in [-0.2, -0.15) is 0 Å². The summed E-state index contributed by atoms with van der Waals surface area (Å²) >= 11 is 0. The van der Waals surface area contributed by atoms with Crippen LogP contribution in [-0.2, 0) is 11.3 Å². The van der Waals surface area contributed by atoms with E-state index in [-0.39, 0.29) is 5.91 Å². The molecule has 4 nitrogen and oxygen atoms in total. The zero-order valence-electron chi connectivity index (χ0n) is 15.9. The molecule has 1 unspecified atom stereocenters. The number of likely N-dealkylation sites (tertiary alicyclic amines) is 1. The molecule has 0 aromatic heterocycles. The molecule has 3 aliphatic rings. The van der Waals surface area contributed by atoms with E-state index in [2.05, 4.69) is 40.5 Å². The van der Waals surface area contributed by atoms with Crippen molar-refractivity contribution in [3.63, 3.8) is 0 Å². The van der Waals surface area contributed by atoms with Crippen LogP contribution in [0.15, 0.2) is 30.3 Å². The van der Waals surface area contributed by atoms with Gasteiger partial charge in [0.2, 0.25) is 5.91 Å². The minimum Gasteiger partial charge on any atom is -0.354 e. The van der Waals surface area contributed by atoms with Crippen LogP contribution in [-0.4, -0.2) is 36.0 Å². The number of carbonyl (C=O) groups excluding carboxylic acids is 1. The maximum atomic E-state index is 12.7. The van der Waals surface area contributed by atoms with Gasteiger partial charge in [-0.05, 0) is 42.6 Å². The Morgan fingerprint density at radius 1 is 1.08 bits per heavy atom. The van der Waals surface area contributed by atoms with Gasteiger partial charge < -0.3 is 11.1 Å². The molecule has 2 aliphatic carbocycles. The molecule has 2 saturated carbocycles. The summed E-state index contributed by atoms with van der Waals surface area (Å²) in [5, 5.41) is 3.25. The van der Waals surface area contributed by atoms with E-state index in [9.17, 15) is 4.79 Å². The fraction of sp³-hybridized carbons (Fsp3) is 0.682. The fourth-order valence-corrected chi connectivity index (χ4v) is 5.39. The van der Waals surface area contributed by atoms with Crippen molar-refractivity contribution in [1.82, 2.24) is 10.2 Å². The Morgan fingerprint density at radius 3 is 2.46 bits per heavy atom. The first-order chi connectivity index (χ1) is 12.6. The number of carbonyl (C=O) groups is 1. The van der Waals surface area contributed by atoms with E-state index >= 15 is 0 Å². The molecule has 1 aromatic rings. The summed E-state index contributed by atoms with van der Waals surface area (Å²) in [5.41, 5.74) is 7.60. The maximum Gasteiger partial charge on any atom is 0.240 e. The molecule has 1 saturated heterocycles. The molecule has 4 rings (SSSR count). The summed E-state index contributed by atoms with van der Waals surface area (Å²) in [6.07, 6.45) is 9.03. The van der Waals surface area contributed by atoms with Gasteiger partial charge >= 0.3 is 0 Å². The fourth-order valence-electron chi connectivity index (χ4n) is 5.39. The Kier molecular flexibility index (Phi) is 5.07. The highest BCUT2D eigenvalue weighted by Crippen LogP contribution is 2.51. The maximum absolute atomic E-state index is 12.7. The second-order valence-corrected chi connectivity index (χ2v) is 8.99. The molecule has 1 atom stereocenters. The minimum atomic E-state index is -0.618. The number of nitrogens with one attached hydrogen (secondary N) is 1. The molecular formula is C22H33N3O. The molecule has 1 aliphatic heterocycles. The minimum absolute atomic E-state index is 0.0909. The Morgan fingerprint density at radius 2 is 1.81 bits per heavy atom. The van der Waals surface area contributed by atoms with Crippen LogP contribution in [0.1, 0.15) is 56.9 Å². The van der Waals surface area contributed by atoms with E-state index in [1.165, 1.54) is 37.8 Å². The van der Waals surface area contributed by atoms with Crippen LogP contribution in [0.25, 0.3) is 0 Å². The molecular weight excluding hydrogens is 322 g/mol. The molecule has 26 heavy (non-hydrogen) atoms. The second kappa shape index (κ2) is 7.32. The van der Waals surface area contributed by atoms with E-state index in [0.717, 1.165) is 45.3 Å². The highest BCUT2D eigenvalue weighted by atomic mass is 16.2. The van der Waals surface area contributed by atoms with E-state index < -0.39 is 5.54 Å². The highest BCUT2D eigenvalue weighted by molar-refractivity contribution is 5.86. The number of amides is 1. The standard InChI is InChI=1S/C22H33N3O/c23-22(12-5-2-6-13-22)20(26)24-14-19-16-25(17-21(19)10-7-11-21)15-18-8-3-1-4-9-18/h1,3-4,8-9,19H,2,5-7,10-17,23H2,(H,24,26). The van der Waals surface area contributed by atoms with Crippen molar-refractivity contribution in [3.05, 3.63) is 35.9 Å². The number of nitrogens with two attached hydrogens (primary N) is 1. The first-order valence-corrected chi connectivity index (χ1v) is 10.4. The Bertz CT molecular complexity index is 620. The van der Waals surface area contributed by atoms with E-state index in [0.29, 0.717) is 11.3 Å². The van der Waals surface area contributed by atoms with Gasteiger partial charge in [0.15, 0.2) is 0 Å². The van der Waals surface area contributed by atoms with Crippen molar-refractivity contribution in [1.29, 1.82) is 0 Å². The summed E-state index contributed by atoms with van der Waals surface area (Å²) < 4.78 is 0. The average Bonchev–Trinajstić information content (AvgIpc) is 3.00. The molecule has 0 radical (unpaired) electrons. The predicted molar refractivity (Wildman–Crippen MR) is 105 cm³/mol. The zero-order valence-corrected chi connectivity index (χ0v) is 15.9. The molecule has 3 fully saturated rings. The molecule has 142 valence electrons. The third-order valence-corrected chi connectivity index (χ3v) is 7.19. The van der Waals surface area contributed by atoms with Gasteiger partial charge in [0, 0.05) is 26.2 Å². The lowest BCUT2D eigenvalue weighted by Crippen LogP contribution is -2.56. The topological polar surface area (TPSA) is 58.4 Å². The molecule has 1 amide bonds. The van der Waals surface area contributed by atoms with Gasteiger partial charge in [0.25, 0.3) is 0 Å². The van der Waals surface area contributed by atoms with Gasteiger partial charge in [-0.3, -0.25) is 9.69 Å². The van der Waals surface area contributed by atoms with Gasteiger partial charge in [0.1, 0.15) is 0 Å². The lowest BCUT2D eigenvalue weighted by Gasteiger charge is -2.43. The van der Waals surface area contributed by atoms with Crippen LogP contribution >= 0.6 is 0 Å². The number of rotatable bonds is 5. The third-order valence-electron chi connectivity index (χ3n) is 7.19.